The summed E-state index contributed by atoms with van der Waals surface area (Å²) in [6, 6.07) is 12.0. The van der Waals surface area contributed by atoms with Gasteiger partial charge in [-0.25, -0.2) is 0 Å². The molecule has 0 spiro atoms. The Kier molecular flexibility index (Phi) is 5.42. The lowest BCUT2D eigenvalue weighted by atomic mass is 10.0. The van der Waals surface area contributed by atoms with E-state index in [4.69, 9.17) is 4.74 Å². The molecule has 0 atom stereocenters. The van der Waals surface area contributed by atoms with Gasteiger partial charge in [-0.3, -0.25) is 4.99 Å². The summed E-state index contributed by atoms with van der Waals surface area (Å²) in [4.78, 5) is 4.63. The fourth-order valence-electron chi connectivity index (χ4n) is 2.14. The van der Waals surface area contributed by atoms with Crippen molar-refractivity contribution in [3.63, 3.8) is 0 Å². The number of nitrogens with zero attached hydrogens (tertiary/aromatic N) is 1. The molecule has 2 aromatic carbocycles. The normalized spacial score (nSPS) is 11.5. The Hall–Kier alpha value is -2.49. The molecule has 0 unspecified atom stereocenters. The summed E-state index contributed by atoms with van der Waals surface area (Å²) < 4.78 is 5.12. The van der Waals surface area contributed by atoms with Crippen LogP contribution in [0, 0.1) is 0 Å². The Morgan fingerprint density at radius 1 is 1.09 bits per heavy atom. The van der Waals surface area contributed by atoms with Crippen molar-refractivity contribution in [3.8, 4) is 17.2 Å². The number of unbranched alkanes of at least 4 members (excludes halogenated alkanes) is 1. The molecular formula is C18H21NO3. The van der Waals surface area contributed by atoms with E-state index in [1.807, 2.05) is 0 Å². The summed E-state index contributed by atoms with van der Waals surface area (Å²) in [7, 11) is 1.56. The van der Waals surface area contributed by atoms with E-state index in [1.165, 1.54) is 0 Å². The number of aliphatic imine (C=N–C) groups is 1. The predicted octanol–water partition coefficient (Wildman–Crippen LogP) is 3.74. The van der Waals surface area contributed by atoms with Gasteiger partial charge in [0.25, 0.3) is 0 Å². The summed E-state index contributed by atoms with van der Waals surface area (Å²) in [6.45, 7) is 2.80. The average molecular weight is 299 g/mol. The van der Waals surface area contributed by atoms with Crippen LogP contribution < -0.4 is 4.74 Å². The van der Waals surface area contributed by atoms with E-state index < -0.39 is 0 Å². The van der Waals surface area contributed by atoms with Gasteiger partial charge in [0, 0.05) is 23.7 Å². The fourth-order valence-corrected chi connectivity index (χ4v) is 2.14. The molecule has 2 N–H and O–H groups in total. The van der Waals surface area contributed by atoms with Crippen LogP contribution in [0.5, 0.6) is 17.2 Å². The molecule has 22 heavy (non-hydrogen) atoms. The van der Waals surface area contributed by atoms with Crippen molar-refractivity contribution >= 4 is 5.71 Å². The Labute approximate surface area is 130 Å². The van der Waals surface area contributed by atoms with Crippen molar-refractivity contribution in [2.24, 2.45) is 4.99 Å². The Morgan fingerprint density at radius 2 is 1.82 bits per heavy atom. The van der Waals surface area contributed by atoms with Gasteiger partial charge in [-0.2, -0.15) is 0 Å². The van der Waals surface area contributed by atoms with Gasteiger partial charge in [0.05, 0.1) is 12.8 Å². The van der Waals surface area contributed by atoms with E-state index in [9.17, 15) is 10.2 Å². The number of phenolic OH excluding ortho intramolecular Hbond substituents is 2. The first kappa shape index (κ1) is 15.9. The molecule has 0 saturated carbocycles. The monoisotopic (exact) mass is 299 g/mol. The summed E-state index contributed by atoms with van der Waals surface area (Å²) in [5, 5.41) is 19.7. The van der Waals surface area contributed by atoms with Gasteiger partial charge in [-0.15, -0.1) is 0 Å². The smallest absolute Gasteiger partial charge is 0.128 e. The lowest BCUT2D eigenvalue weighted by Crippen LogP contribution is -2.05. The topological polar surface area (TPSA) is 62.1 Å². The van der Waals surface area contributed by atoms with Gasteiger partial charge in [0.15, 0.2) is 0 Å². The number of ether oxygens (including phenoxy) is 1. The lowest BCUT2D eigenvalue weighted by Gasteiger charge is -2.11. The Balaban J connectivity index is 2.44. The van der Waals surface area contributed by atoms with Crippen LogP contribution in [-0.4, -0.2) is 29.6 Å². The van der Waals surface area contributed by atoms with Crippen molar-refractivity contribution in [1.29, 1.82) is 0 Å². The SMILES string of the molecule is CCCCN=C(c1ccc(O)cc1)c1ccc(OC)cc1O. The van der Waals surface area contributed by atoms with Gasteiger partial charge >= 0.3 is 0 Å². The number of methoxy groups -OCH3 is 1. The van der Waals surface area contributed by atoms with Gasteiger partial charge in [0.2, 0.25) is 0 Å². The van der Waals surface area contributed by atoms with Crippen LogP contribution in [-0.2, 0) is 0 Å². The molecule has 4 nitrogen and oxygen atoms in total. The van der Waals surface area contributed by atoms with E-state index in [-0.39, 0.29) is 11.5 Å². The molecule has 0 heterocycles. The fraction of sp³-hybridized carbons (Fsp3) is 0.278. The minimum Gasteiger partial charge on any atom is -0.508 e. The highest BCUT2D eigenvalue weighted by Crippen LogP contribution is 2.27. The molecule has 0 saturated heterocycles. The van der Waals surface area contributed by atoms with Crippen molar-refractivity contribution < 1.29 is 14.9 Å². The van der Waals surface area contributed by atoms with Crippen LogP contribution in [0.15, 0.2) is 47.5 Å². The third-order valence-electron chi connectivity index (χ3n) is 3.38. The zero-order valence-corrected chi connectivity index (χ0v) is 12.9. The number of benzene rings is 2. The van der Waals surface area contributed by atoms with Crippen molar-refractivity contribution in [2.45, 2.75) is 19.8 Å². The standard InChI is InChI=1S/C18H21NO3/c1-3-4-11-19-18(13-5-7-14(20)8-6-13)16-10-9-15(22-2)12-17(16)21/h5-10,12,20-21H,3-4,11H2,1-2H3. The average Bonchev–Trinajstić information content (AvgIpc) is 2.53. The maximum atomic E-state index is 10.3. The number of aromatic hydroxyl groups is 2. The molecule has 2 aromatic rings. The van der Waals surface area contributed by atoms with Crippen LogP contribution in [0.1, 0.15) is 30.9 Å². The molecular weight excluding hydrogens is 278 g/mol. The van der Waals surface area contributed by atoms with E-state index in [1.54, 1.807) is 49.6 Å². The van der Waals surface area contributed by atoms with Crippen LogP contribution in [0.2, 0.25) is 0 Å². The molecule has 0 radical (unpaired) electrons. The lowest BCUT2D eigenvalue weighted by molar-refractivity contribution is 0.407. The number of rotatable bonds is 6. The maximum Gasteiger partial charge on any atom is 0.128 e. The quantitative estimate of drug-likeness (QED) is 0.631. The summed E-state index contributed by atoms with van der Waals surface area (Å²) in [5.41, 5.74) is 2.23. The number of hydrogen-bond acceptors (Lipinski definition) is 4. The van der Waals surface area contributed by atoms with Gasteiger partial charge in [-0.1, -0.05) is 13.3 Å². The zero-order chi connectivity index (χ0) is 15.9. The maximum absolute atomic E-state index is 10.3. The first-order valence-corrected chi connectivity index (χ1v) is 7.37. The molecule has 0 aromatic heterocycles. The van der Waals surface area contributed by atoms with Crippen molar-refractivity contribution in [2.75, 3.05) is 13.7 Å². The minimum atomic E-state index is 0.127. The number of hydrogen-bond donors (Lipinski definition) is 2. The predicted molar refractivity (Wildman–Crippen MR) is 88.2 cm³/mol. The summed E-state index contributed by atoms with van der Waals surface area (Å²) in [5.74, 6) is 0.929. The molecule has 116 valence electrons. The van der Waals surface area contributed by atoms with E-state index in [2.05, 4.69) is 11.9 Å². The molecule has 0 fully saturated rings. The number of phenols is 2. The van der Waals surface area contributed by atoms with Crippen LogP contribution >= 0.6 is 0 Å². The highest BCUT2D eigenvalue weighted by atomic mass is 16.5. The first-order chi connectivity index (χ1) is 10.7. The highest BCUT2D eigenvalue weighted by molar-refractivity contribution is 6.14. The van der Waals surface area contributed by atoms with Crippen LogP contribution in [0.4, 0.5) is 0 Å². The Bertz CT molecular complexity index is 648. The Morgan fingerprint density at radius 3 is 2.41 bits per heavy atom. The van der Waals surface area contributed by atoms with E-state index in [0.717, 1.165) is 18.4 Å². The van der Waals surface area contributed by atoms with E-state index >= 15 is 0 Å². The highest BCUT2D eigenvalue weighted by Gasteiger charge is 2.12. The molecule has 0 aliphatic rings. The second kappa shape index (κ2) is 7.50. The van der Waals surface area contributed by atoms with Gasteiger partial charge in [-0.05, 0) is 42.8 Å². The molecule has 0 aliphatic carbocycles. The van der Waals surface area contributed by atoms with Crippen molar-refractivity contribution in [1.82, 2.24) is 0 Å². The van der Waals surface area contributed by atoms with Crippen molar-refractivity contribution in [3.05, 3.63) is 53.6 Å². The molecule has 0 amide bonds. The van der Waals surface area contributed by atoms with Crippen LogP contribution in [0.25, 0.3) is 0 Å². The first-order valence-electron chi connectivity index (χ1n) is 7.37. The molecule has 0 bridgehead atoms. The third-order valence-corrected chi connectivity index (χ3v) is 3.38. The van der Waals surface area contributed by atoms with Crippen LogP contribution in [0.3, 0.4) is 0 Å². The molecule has 0 aliphatic heterocycles. The largest absolute Gasteiger partial charge is 0.508 e. The van der Waals surface area contributed by atoms with E-state index in [0.29, 0.717) is 23.6 Å². The zero-order valence-electron chi connectivity index (χ0n) is 12.9. The summed E-state index contributed by atoms with van der Waals surface area (Å²) >= 11 is 0. The van der Waals surface area contributed by atoms with Gasteiger partial charge < -0.3 is 14.9 Å². The molecule has 2 rings (SSSR count). The third kappa shape index (κ3) is 3.79. The summed E-state index contributed by atoms with van der Waals surface area (Å²) in [6.07, 6.45) is 2.04. The van der Waals surface area contributed by atoms with Gasteiger partial charge in [0.1, 0.15) is 17.2 Å². The minimum absolute atomic E-state index is 0.127. The molecule has 4 heteroatoms. The second-order valence-electron chi connectivity index (χ2n) is 5.01. The second-order valence-corrected chi connectivity index (χ2v) is 5.01.